The average Bonchev–Trinajstić information content (AvgIpc) is 2.92. The van der Waals surface area contributed by atoms with Gasteiger partial charge in [-0.25, -0.2) is 0 Å². The Labute approximate surface area is 149 Å². The summed E-state index contributed by atoms with van der Waals surface area (Å²) in [7, 11) is 0. The van der Waals surface area contributed by atoms with Gasteiger partial charge in [-0.3, -0.25) is 4.79 Å². The lowest BCUT2D eigenvalue weighted by Gasteiger charge is -2.60. The molecule has 0 saturated heterocycles. The van der Waals surface area contributed by atoms with Crippen molar-refractivity contribution in [2.45, 2.75) is 91.9 Å². The molecule has 0 heterocycles. The second-order valence-electron chi connectivity index (χ2n) is 10.5. The minimum Gasteiger partial charge on any atom is -0.300 e. The summed E-state index contributed by atoms with van der Waals surface area (Å²) in [6, 6.07) is 0. The molecule has 0 spiro atoms. The number of hydrogen-bond donors (Lipinski definition) is 0. The van der Waals surface area contributed by atoms with E-state index in [2.05, 4.69) is 27.7 Å². The Balaban J connectivity index is 1.60. The minimum absolute atomic E-state index is 0.479. The van der Waals surface area contributed by atoms with E-state index in [4.69, 9.17) is 0 Å². The highest BCUT2D eigenvalue weighted by atomic mass is 16.1. The molecule has 0 aromatic heterocycles. The molecule has 0 amide bonds. The Morgan fingerprint density at radius 2 is 1.75 bits per heavy atom. The molecule has 136 valence electrons. The van der Waals surface area contributed by atoms with Crippen molar-refractivity contribution in [1.29, 1.82) is 0 Å². The topological polar surface area (TPSA) is 17.1 Å². The predicted molar refractivity (Wildman–Crippen MR) is 99.7 cm³/mol. The van der Waals surface area contributed by atoms with Crippen molar-refractivity contribution in [2.24, 2.45) is 46.3 Å². The van der Waals surface area contributed by atoms with Gasteiger partial charge in [0.05, 0.1) is 0 Å². The summed E-state index contributed by atoms with van der Waals surface area (Å²) in [5, 5.41) is 0. The molecule has 0 radical (unpaired) electrons. The van der Waals surface area contributed by atoms with Gasteiger partial charge in [0.2, 0.25) is 0 Å². The van der Waals surface area contributed by atoms with E-state index in [1.165, 1.54) is 51.4 Å². The van der Waals surface area contributed by atoms with E-state index < -0.39 is 0 Å². The van der Waals surface area contributed by atoms with Crippen molar-refractivity contribution in [2.75, 3.05) is 0 Å². The fourth-order valence-electron chi connectivity index (χ4n) is 8.31. The summed E-state index contributed by atoms with van der Waals surface area (Å²) >= 11 is 0. The fraction of sp³-hybridized carbons (Fsp3) is 0.957. The van der Waals surface area contributed by atoms with Gasteiger partial charge >= 0.3 is 0 Å². The maximum atomic E-state index is 12.0. The molecule has 4 aliphatic rings. The zero-order valence-electron chi connectivity index (χ0n) is 16.4. The first-order valence-electron chi connectivity index (χ1n) is 10.9. The molecule has 0 aliphatic heterocycles. The number of fused-ring (bicyclic) bond motifs is 5. The van der Waals surface area contributed by atoms with Crippen LogP contribution in [-0.2, 0) is 4.79 Å². The SMILES string of the molecule is CC[C@@H](C)[C@H]1CCC2C3CC[C@H]4CC(=O)CC[C@]4(C)C3CC[C@@]21C. The van der Waals surface area contributed by atoms with E-state index in [9.17, 15) is 4.79 Å². The van der Waals surface area contributed by atoms with Crippen molar-refractivity contribution in [1.82, 2.24) is 0 Å². The van der Waals surface area contributed by atoms with Gasteiger partial charge in [-0.05, 0) is 91.3 Å². The third-order valence-corrected chi connectivity index (χ3v) is 9.89. The molecule has 0 aromatic rings. The summed E-state index contributed by atoms with van der Waals surface area (Å²) in [6.07, 6.45) is 13.0. The molecule has 1 nitrogen and oxygen atoms in total. The van der Waals surface area contributed by atoms with Crippen LogP contribution in [0.15, 0.2) is 0 Å². The Kier molecular flexibility index (Phi) is 4.17. The molecule has 0 N–H and O–H groups in total. The smallest absolute Gasteiger partial charge is 0.133 e. The average molecular weight is 331 g/mol. The van der Waals surface area contributed by atoms with E-state index in [1.807, 2.05) is 0 Å². The molecule has 4 aliphatic carbocycles. The number of carbonyl (C=O) groups excluding carboxylic acids is 1. The highest BCUT2D eigenvalue weighted by molar-refractivity contribution is 5.79. The summed E-state index contributed by atoms with van der Waals surface area (Å²) < 4.78 is 0. The lowest BCUT2D eigenvalue weighted by molar-refractivity contribution is -0.140. The first-order chi connectivity index (χ1) is 11.4. The van der Waals surface area contributed by atoms with Crippen LogP contribution < -0.4 is 0 Å². The first-order valence-corrected chi connectivity index (χ1v) is 10.9. The van der Waals surface area contributed by atoms with Crippen molar-refractivity contribution >= 4 is 5.78 Å². The maximum absolute atomic E-state index is 12.0. The Morgan fingerprint density at radius 3 is 2.50 bits per heavy atom. The Bertz CT molecular complexity index is 510. The number of hydrogen-bond acceptors (Lipinski definition) is 1. The molecule has 1 heteroatoms. The van der Waals surface area contributed by atoms with Crippen molar-refractivity contribution in [3.8, 4) is 0 Å². The molecule has 0 aromatic carbocycles. The van der Waals surface area contributed by atoms with Crippen LogP contribution in [0.25, 0.3) is 0 Å². The van der Waals surface area contributed by atoms with Gasteiger partial charge in [0.1, 0.15) is 5.78 Å². The van der Waals surface area contributed by atoms with Crippen molar-refractivity contribution in [3.05, 3.63) is 0 Å². The number of rotatable bonds is 2. The normalized spacial score (nSPS) is 52.3. The van der Waals surface area contributed by atoms with Crippen LogP contribution in [0.1, 0.15) is 91.9 Å². The van der Waals surface area contributed by atoms with Gasteiger partial charge in [-0.15, -0.1) is 0 Å². The molecule has 8 atom stereocenters. The third kappa shape index (κ3) is 2.28. The van der Waals surface area contributed by atoms with Crippen LogP contribution in [0.2, 0.25) is 0 Å². The van der Waals surface area contributed by atoms with E-state index in [0.717, 1.165) is 42.4 Å². The second-order valence-corrected chi connectivity index (χ2v) is 10.5. The maximum Gasteiger partial charge on any atom is 0.133 e. The first kappa shape index (κ1) is 17.1. The summed E-state index contributed by atoms with van der Waals surface area (Å²) in [5.74, 6) is 5.98. The van der Waals surface area contributed by atoms with Crippen molar-refractivity contribution in [3.63, 3.8) is 0 Å². The quantitative estimate of drug-likeness (QED) is 0.584. The number of Topliss-reactive ketones (excluding diaryl/α,β-unsaturated/α-hetero) is 1. The van der Waals surface area contributed by atoms with Crippen LogP contribution in [0.5, 0.6) is 0 Å². The van der Waals surface area contributed by atoms with Crippen LogP contribution in [0, 0.1) is 46.3 Å². The van der Waals surface area contributed by atoms with Gasteiger partial charge < -0.3 is 0 Å². The predicted octanol–water partition coefficient (Wildman–Crippen LogP) is 6.26. The van der Waals surface area contributed by atoms with Gasteiger partial charge in [-0.1, -0.05) is 34.1 Å². The summed E-state index contributed by atoms with van der Waals surface area (Å²) in [4.78, 5) is 12.0. The van der Waals surface area contributed by atoms with E-state index in [-0.39, 0.29) is 0 Å². The van der Waals surface area contributed by atoms with E-state index >= 15 is 0 Å². The number of ketones is 1. The van der Waals surface area contributed by atoms with Crippen LogP contribution in [0.3, 0.4) is 0 Å². The highest BCUT2D eigenvalue weighted by Crippen LogP contribution is 2.68. The molecule has 0 bridgehead atoms. The highest BCUT2D eigenvalue weighted by Gasteiger charge is 2.60. The van der Waals surface area contributed by atoms with Crippen LogP contribution in [0.4, 0.5) is 0 Å². The fourth-order valence-corrected chi connectivity index (χ4v) is 8.31. The van der Waals surface area contributed by atoms with Gasteiger partial charge in [0.15, 0.2) is 0 Å². The van der Waals surface area contributed by atoms with Gasteiger partial charge in [0.25, 0.3) is 0 Å². The standard InChI is InChI=1S/C23H38O/c1-5-15(2)19-8-9-20-18-7-6-16-14-17(24)10-12-22(16,3)21(18)11-13-23(19,20)4/h15-16,18-21H,5-14H2,1-4H3/t15-,16+,18?,19-,20?,21?,22+,23-/m1/s1. The molecule has 3 unspecified atom stereocenters. The monoisotopic (exact) mass is 330 g/mol. The molecule has 4 fully saturated rings. The molecular formula is C23H38O. The molecular weight excluding hydrogens is 292 g/mol. The summed E-state index contributed by atoms with van der Waals surface area (Å²) in [5.41, 5.74) is 1.09. The molecule has 24 heavy (non-hydrogen) atoms. The Morgan fingerprint density at radius 1 is 1.00 bits per heavy atom. The third-order valence-electron chi connectivity index (χ3n) is 9.89. The van der Waals surface area contributed by atoms with Crippen LogP contribution >= 0.6 is 0 Å². The van der Waals surface area contributed by atoms with Crippen LogP contribution in [-0.4, -0.2) is 5.78 Å². The molecule has 4 saturated carbocycles. The molecule has 4 rings (SSSR count). The summed E-state index contributed by atoms with van der Waals surface area (Å²) in [6.45, 7) is 10.1. The lowest BCUT2D eigenvalue weighted by Crippen LogP contribution is -2.53. The van der Waals surface area contributed by atoms with E-state index in [0.29, 0.717) is 22.5 Å². The largest absolute Gasteiger partial charge is 0.300 e. The Hall–Kier alpha value is -0.330. The second kappa shape index (κ2) is 5.85. The zero-order chi connectivity index (χ0) is 17.1. The lowest BCUT2D eigenvalue weighted by atomic mass is 9.44. The van der Waals surface area contributed by atoms with Crippen molar-refractivity contribution < 1.29 is 4.79 Å². The minimum atomic E-state index is 0.479. The van der Waals surface area contributed by atoms with Gasteiger partial charge in [-0.2, -0.15) is 0 Å². The van der Waals surface area contributed by atoms with Gasteiger partial charge in [0, 0.05) is 12.8 Å². The zero-order valence-corrected chi connectivity index (χ0v) is 16.4. The number of carbonyl (C=O) groups is 1. The van der Waals surface area contributed by atoms with E-state index in [1.54, 1.807) is 0 Å².